The second kappa shape index (κ2) is 4.65. The Hall–Kier alpha value is -1.71. The summed E-state index contributed by atoms with van der Waals surface area (Å²) in [6.07, 6.45) is 0. The number of hydrogen-bond acceptors (Lipinski definition) is 2. The normalized spacial score (nSPS) is 19.6. The summed E-state index contributed by atoms with van der Waals surface area (Å²) in [4.78, 5) is 13.6. The maximum absolute atomic E-state index is 11.7. The third-order valence-corrected chi connectivity index (χ3v) is 3.06. The molecule has 1 aromatic rings. The SMILES string of the molecule is COc1cccc(C2CN(C(C)C)C(=O)N2)c1. The molecular weight excluding hydrogens is 216 g/mol. The second-order valence-corrected chi connectivity index (χ2v) is 4.52. The van der Waals surface area contributed by atoms with Crippen molar-refractivity contribution < 1.29 is 9.53 Å². The van der Waals surface area contributed by atoms with Crippen molar-refractivity contribution in [3.63, 3.8) is 0 Å². The zero-order valence-corrected chi connectivity index (χ0v) is 10.4. The fourth-order valence-electron chi connectivity index (χ4n) is 2.05. The molecule has 1 aliphatic heterocycles. The van der Waals surface area contributed by atoms with Crippen molar-refractivity contribution in [3.05, 3.63) is 29.8 Å². The minimum atomic E-state index is 0.00724. The minimum absolute atomic E-state index is 0.00724. The predicted octanol–water partition coefficient (Wildman–Crippen LogP) is 2.17. The number of urea groups is 1. The number of rotatable bonds is 3. The summed E-state index contributed by atoms with van der Waals surface area (Å²) < 4.78 is 5.19. The van der Waals surface area contributed by atoms with Gasteiger partial charge >= 0.3 is 6.03 Å². The summed E-state index contributed by atoms with van der Waals surface area (Å²) in [5.41, 5.74) is 1.08. The molecule has 1 atom stereocenters. The highest BCUT2D eigenvalue weighted by molar-refractivity contribution is 5.77. The van der Waals surface area contributed by atoms with E-state index in [1.54, 1.807) is 7.11 Å². The van der Waals surface area contributed by atoms with E-state index in [-0.39, 0.29) is 18.1 Å². The van der Waals surface area contributed by atoms with Crippen LogP contribution >= 0.6 is 0 Å². The van der Waals surface area contributed by atoms with Gasteiger partial charge in [-0.05, 0) is 31.5 Å². The van der Waals surface area contributed by atoms with E-state index in [4.69, 9.17) is 4.74 Å². The summed E-state index contributed by atoms with van der Waals surface area (Å²) >= 11 is 0. The molecular formula is C13H18N2O2. The Morgan fingerprint density at radius 3 is 2.82 bits per heavy atom. The first kappa shape index (κ1) is 11.8. The molecule has 1 fully saturated rings. The standard InChI is InChI=1S/C13H18N2O2/c1-9(2)15-8-12(14-13(15)16)10-5-4-6-11(7-10)17-3/h4-7,9,12H,8H2,1-3H3,(H,14,16). The number of benzene rings is 1. The number of methoxy groups -OCH3 is 1. The van der Waals surface area contributed by atoms with Crippen LogP contribution in [0.1, 0.15) is 25.5 Å². The molecule has 0 radical (unpaired) electrons. The molecule has 0 aliphatic carbocycles. The Morgan fingerprint density at radius 1 is 1.47 bits per heavy atom. The largest absolute Gasteiger partial charge is 0.497 e. The maximum atomic E-state index is 11.7. The number of nitrogens with zero attached hydrogens (tertiary/aromatic N) is 1. The van der Waals surface area contributed by atoms with E-state index in [1.807, 2.05) is 43.0 Å². The van der Waals surface area contributed by atoms with Gasteiger partial charge in [-0.2, -0.15) is 0 Å². The fraction of sp³-hybridized carbons (Fsp3) is 0.462. The quantitative estimate of drug-likeness (QED) is 0.870. The predicted molar refractivity (Wildman–Crippen MR) is 66.1 cm³/mol. The van der Waals surface area contributed by atoms with E-state index in [2.05, 4.69) is 5.32 Å². The van der Waals surface area contributed by atoms with Crippen molar-refractivity contribution in [2.75, 3.05) is 13.7 Å². The summed E-state index contributed by atoms with van der Waals surface area (Å²) in [7, 11) is 1.65. The van der Waals surface area contributed by atoms with Crippen molar-refractivity contribution in [2.24, 2.45) is 0 Å². The maximum Gasteiger partial charge on any atom is 0.318 e. The smallest absolute Gasteiger partial charge is 0.318 e. The summed E-state index contributed by atoms with van der Waals surface area (Å²) in [5.74, 6) is 0.819. The zero-order valence-electron chi connectivity index (χ0n) is 10.4. The topological polar surface area (TPSA) is 41.6 Å². The lowest BCUT2D eigenvalue weighted by molar-refractivity contribution is 0.206. The molecule has 1 heterocycles. The first-order valence-corrected chi connectivity index (χ1v) is 5.83. The Labute approximate surface area is 102 Å². The van der Waals surface area contributed by atoms with Gasteiger partial charge < -0.3 is 15.0 Å². The lowest BCUT2D eigenvalue weighted by Crippen LogP contribution is -2.33. The molecule has 1 N–H and O–H groups in total. The first-order valence-electron chi connectivity index (χ1n) is 5.83. The number of carbonyl (C=O) groups is 1. The van der Waals surface area contributed by atoms with Crippen LogP contribution in [-0.4, -0.2) is 30.6 Å². The minimum Gasteiger partial charge on any atom is -0.497 e. The number of carbonyl (C=O) groups excluding carboxylic acids is 1. The molecule has 0 spiro atoms. The Kier molecular flexibility index (Phi) is 3.22. The highest BCUT2D eigenvalue weighted by atomic mass is 16.5. The molecule has 1 saturated heterocycles. The summed E-state index contributed by atoms with van der Waals surface area (Å²) in [5, 5.41) is 2.98. The van der Waals surface area contributed by atoms with Gasteiger partial charge in [-0.25, -0.2) is 4.79 Å². The second-order valence-electron chi connectivity index (χ2n) is 4.52. The van der Waals surface area contributed by atoms with Gasteiger partial charge in [0.05, 0.1) is 13.2 Å². The van der Waals surface area contributed by atoms with Crippen molar-refractivity contribution in [2.45, 2.75) is 25.9 Å². The highest BCUT2D eigenvalue weighted by Gasteiger charge is 2.31. The third-order valence-electron chi connectivity index (χ3n) is 3.06. The van der Waals surface area contributed by atoms with Gasteiger partial charge in [-0.1, -0.05) is 12.1 Å². The van der Waals surface area contributed by atoms with E-state index in [9.17, 15) is 4.79 Å². The highest BCUT2D eigenvalue weighted by Crippen LogP contribution is 2.24. The number of hydrogen-bond donors (Lipinski definition) is 1. The van der Waals surface area contributed by atoms with Gasteiger partial charge in [-0.3, -0.25) is 0 Å². The number of nitrogens with one attached hydrogen (secondary N) is 1. The molecule has 2 amide bonds. The zero-order chi connectivity index (χ0) is 12.4. The lowest BCUT2D eigenvalue weighted by Gasteiger charge is -2.18. The van der Waals surface area contributed by atoms with E-state index in [0.717, 1.165) is 11.3 Å². The molecule has 2 rings (SSSR count). The van der Waals surface area contributed by atoms with E-state index in [0.29, 0.717) is 6.54 Å². The van der Waals surface area contributed by atoms with E-state index < -0.39 is 0 Å². The van der Waals surface area contributed by atoms with Crippen LogP contribution in [-0.2, 0) is 0 Å². The molecule has 0 bridgehead atoms. The van der Waals surface area contributed by atoms with Gasteiger partial charge in [-0.15, -0.1) is 0 Å². The number of amides is 2. The van der Waals surface area contributed by atoms with Crippen LogP contribution in [0.15, 0.2) is 24.3 Å². The molecule has 0 saturated carbocycles. The molecule has 92 valence electrons. The summed E-state index contributed by atoms with van der Waals surface area (Å²) in [6.45, 7) is 4.75. The molecule has 1 unspecified atom stereocenters. The lowest BCUT2D eigenvalue weighted by atomic mass is 10.1. The van der Waals surface area contributed by atoms with Crippen molar-refractivity contribution in [3.8, 4) is 5.75 Å². The molecule has 1 aliphatic rings. The average Bonchev–Trinajstić information content (AvgIpc) is 2.71. The van der Waals surface area contributed by atoms with E-state index >= 15 is 0 Å². The van der Waals surface area contributed by atoms with Crippen molar-refractivity contribution >= 4 is 6.03 Å². The first-order chi connectivity index (χ1) is 8.11. The monoisotopic (exact) mass is 234 g/mol. The van der Waals surface area contributed by atoms with Crippen LogP contribution in [0, 0.1) is 0 Å². The van der Waals surface area contributed by atoms with Gasteiger partial charge in [0.15, 0.2) is 0 Å². The fourth-order valence-corrected chi connectivity index (χ4v) is 2.05. The van der Waals surface area contributed by atoms with Crippen LogP contribution in [0.5, 0.6) is 5.75 Å². The Morgan fingerprint density at radius 2 is 2.24 bits per heavy atom. The van der Waals surface area contributed by atoms with Crippen LogP contribution in [0.2, 0.25) is 0 Å². The molecule has 4 heteroatoms. The third kappa shape index (κ3) is 2.35. The molecule has 0 aromatic heterocycles. The Balaban J connectivity index is 2.16. The van der Waals surface area contributed by atoms with E-state index in [1.165, 1.54) is 0 Å². The van der Waals surface area contributed by atoms with Crippen molar-refractivity contribution in [1.82, 2.24) is 10.2 Å². The van der Waals surface area contributed by atoms with Gasteiger partial charge in [0.1, 0.15) is 5.75 Å². The number of ether oxygens (including phenoxy) is 1. The average molecular weight is 234 g/mol. The molecule has 1 aromatic carbocycles. The molecule has 4 nitrogen and oxygen atoms in total. The molecule has 17 heavy (non-hydrogen) atoms. The van der Waals surface area contributed by atoms with Gasteiger partial charge in [0.2, 0.25) is 0 Å². The summed E-state index contributed by atoms with van der Waals surface area (Å²) in [6, 6.07) is 8.11. The van der Waals surface area contributed by atoms with Crippen LogP contribution in [0.25, 0.3) is 0 Å². The van der Waals surface area contributed by atoms with Crippen LogP contribution < -0.4 is 10.1 Å². The van der Waals surface area contributed by atoms with Crippen molar-refractivity contribution in [1.29, 1.82) is 0 Å². The van der Waals surface area contributed by atoms with Gasteiger partial charge in [0, 0.05) is 12.6 Å². The van der Waals surface area contributed by atoms with Crippen LogP contribution in [0.3, 0.4) is 0 Å². The van der Waals surface area contributed by atoms with Crippen LogP contribution in [0.4, 0.5) is 4.79 Å². The van der Waals surface area contributed by atoms with Gasteiger partial charge in [0.25, 0.3) is 0 Å². The Bertz CT molecular complexity index is 418.